The molecular weight excluding hydrogens is 172 g/mol. The van der Waals surface area contributed by atoms with Crippen molar-refractivity contribution in [3.05, 3.63) is 0 Å². The van der Waals surface area contributed by atoms with Crippen LogP contribution in [0, 0.1) is 5.41 Å². The van der Waals surface area contributed by atoms with Gasteiger partial charge in [-0.2, -0.15) is 0 Å². The van der Waals surface area contributed by atoms with Gasteiger partial charge in [-0.1, -0.05) is 13.8 Å². The first-order valence-corrected chi connectivity index (χ1v) is 4.21. The fourth-order valence-corrected chi connectivity index (χ4v) is 1.43. The summed E-state index contributed by atoms with van der Waals surface area (Å²) < 4.78 is 0. The van der Waals surface area contributed by atoms with E-state index in [4.69, 9.17) is 5.11 Å². The molecule has 1 N–H and O–H groups in total. The number of carboxylic acid groups (broad SMARTS) is 1. The predicted molar refractivity (Wildman–Crippen MR) is 46.3 cm³/mol. The fourth-order valence-electron chi connectivity index (χ4n) is 1.43. The molecule has 0 atom stereocenters. The maximum absolute atomic E-state index is 11.2. The molecule has 0 bridgehead atoms. The van der Waals surface area contributed by atoms with Crippen molar-refractivity contribution in [3.63, 3.8) is 0 Å². The number of carbonyl (C=O) groups is 3. The maximum atomic E-state index is 11.2. The van der Waals surface area contributed by atoms with E-state index in [0.717, 1.165) is 0 Å². The summed E-state index contributed by atoms with van der Waals surface area (Å²) in [6.45, 7) is 4.55. The predicted octanol–water partition coefficient (Wildman–Crippen LogP) is 1.04. The van der Waals surface area contributed by atoms with E-state index in [9.17, 15) is 14.4 Å². The normalized spacial score (nSPS) is 11.0. The number of hydrogen-bond acceptors (Lipinski definition) is 3. The van der Waals surface area contributed by atoms with Gasteiger partial charge in [-0.3, -0.25) is 9.59 Å². The van der Waals surface area contributed by atoms with Gasteiger partial charge in [0.05, 0.1) is 5.41 Å². The first kappa shape index (κ1) is 11.8. The topological polar surface area (TPSA) is 71.4 Å². The maximum Gasteiger partial charge on any atom is 0.373 e. The molecule has 0 fully saturated rings. The molecule has 0 radical (unpaired) electrons. The molecular formula is C9H14O4. The molecule has 0 aliphatic heterocycles. The van der Waals surface area contributed by atoms with Crippen molar-refractivity contribution in [2.45, 2.75) is 33.6 Å². The van der Waals surface area contributed by atoms with Crippen molar-refractivity contribution in [1.82, 2.24) is 0 Å². The molecule has 0 saturated heterocycles. The summed E-state index contributed by atoms with van der Waals surface area (Å²) in [6.07, 6.45) is 0.480. The molecule has 0 aliphatic carbocycles. The highest BCUT2D eigenvalue weighted by atomic mass is 16.4. The Morgan fingerprint density at radius 2 is 1.54 bits per heavy atom. The van der Waals surface area contributed by atoms with E-state index < -0.39 is 17.2 Å². The number of aliphatic carboxylic acids is 1. The van der Waals surface area contributed by atoms with Crippen LogP contribution in [0.5, 0.6) is 0 Å². The van der Waals surface area contributed by atoms with Crippen LogP contribution in [0.1, 0.15) is 33.6 Å². The Morgan fingerprint density at radius 3 is 1.62 bits per heavy atom. The largest absolute Gasteiger partial charge is 0.475 e. The number of hydrogen-bond donors (Lipinski definition) is 1. The molecule has 0 aromatic rings. The van der Waals surface area contributed by atoms with Crippen molar-refractivity contribution in [3.8, 4) is 0 Å². The summed E-state index contributed by atoms with van der Waals surface area (Å²) >= 11 is 0. The van der Waals surface area contributed by atoms with E-state index in [1.807, 2.05) is 0 Å². The SMILES string of the molecule is CCC(CC)(C(C)=O)C(=O)C(=O)O. The van der Waals surface area contributed by atoms with Crippen LogP contribution in [-0.2, 0) is 14.4 Å². The van der Waals surface area contributed by atoms with Gasteiger partial charge in [-0.25, -0.2) is 4.79 Å². The third kappa shape index (κ3) is 1.94. The van der Waals surface area contributed by atoms with Crippen LogP contribution in [0.25, 0.3) is 0 Å². The fraction of sp³-hybridized carbons (Fsp3) is 0.667. The lowest BCUT2D eigenvalue weighted by molar-refractivity contribution is -0.157. The second-order valence-corrected chi connectivity index (χ2v) is 2.98. The van der Waals surface area contributed by atoms with Crippen molar-refractivity contribution in [2.75, 3.05) is 0 Å². The molecule has 0 spiro atoms. The van der Waals surface area contributed by atoms with E-state index >= 15 is 0 Å². The highest BCUT2D eigenvalue weighted by Gasteiger charge is 2.43. The Hall–Kier alpha value is -1.19. The van der Waals surface area contributed by atoms with Gasteiger partial charge in [-0.05, 0) is 19.8 Å². The van der Waals surface area contributed by atoms with E-state index in [1.165, 1.54) is 6.92 Å². The Balaban J connectivity index is 5.10. The molecule has 0 aromatic carbocycles. The van der Waals surface area contributed by atoms with Gasteiger partial charge in [0.25, 0.3) is 5.78 Å². The second-order valence-electron chi connectivity index (χ2n) is 2.98. The summed E-state index contributed by atoms with van der Waals surface area (Å²) in [7, 11) is 0. The average molecular weight is 186 g/mol. The molecule has 13 heavy (non-hydrogen) atoms. The Bertz CT molecular complexity index is 238. The van der Waals surface area contributed by atoms with Gasteiger partial charge < -0.3 is 5.11 Å². The van der Waals surface area contributed by atoms with E-state index in [1.54, 1.807) is 13.8 Å². The third-order valence-corrected chi connectivity index (χ3v) is 2.51. The Kier molecular flexibility index (Phi) is 3.78. The Morgan fingerprint density at radius 1 is 1.15 bits per heavy atom. The summed E-state index contributed by atoms with van der Waals surface area (Å²) in [5, 5.41) is 8.53. The third-order valence-electron chi connectivity index (χ3n) is 2.51. The smallest absolute Gasteiger partial charge is 0.373 e. The second kappa shape index (κ2) is 4.16. The van der Waals surface area contributed by atoms with Gasteiger partial charge in [0, 0.05) is 0 Å². The highest BCUT2D eigenvalue weighted by Crippen LogP contribution is 2.28. The molecule has 0 unspecified atom stereocenters. The van der Waals surface area contributed by atoms with Crippen LogP contribution in [0.3, 0.4) is 0 Å². The zero-order valence-electron chi connectivity index (χ0n) is 8.09. The van der Waals surface area contributed by atoms with Crippen molar-refractivity contribution < 1.29 is 19.5 Å². The number of carboxylic acids is 1. The molecule has 0 aliphatic rings. The van der Waals surface area contributed by atoms with Crippen molar-refractivity contribution in [2.24, 2.45) is 5.41 Å². The van der Waals surface area contributed by atoms with Gasteiger partial charge in [0.1, 0.15) is 5.78 Å². The molecule has 0 aromatic heterocycles. The van der Waals surface area contributed by atoms with Gasteiger partial charge >= 0.3 is 5.97 Å². The summed E-state index contributed by atoms with van der Waals surface area (Å²) in [4.78, 5) is 32.9. The van der Waals surface area contributed by atoms with Crippen LogP contribution >= 0.6 is 0 Å². The van der Waals surface area contributed by atoms with E-state index in [0.29, 0.717) is 0 Å². The van der Waals surface area contributed by atoms with Gasteiger partial charge in [-0.15, -0.1) is 0 Å². The molecule has 4 heteroatoms. The highest BCUT2D eigenvalue weighted by molar-refractivity contribution is 6.39. The molecule has 0 saturated carbocycles. The summed E-state index contributed by atoms with van der Waals surface area (Å²) in [5.41, 5.74) is -1.31. The van der Waals surface area contributed by atoms with Crippen LogP contribution in [0.4, 0.5) is 0 Å². The van der Waals surface area contributed by atoms with E-state index in [2.05, 4.69) is 0 Å². The number of ketones is 2. The number of carbonyl (C=O) groups excluding carboxylic acids is 2. The lowest BCUT2D eigenvalue weighted by atomic mass is 9.75. The average Bonchev–Trinajstić information content (AvgIpc) is 2.06. The molecule has 4 nitrogen and oxygen atoms in total. The van der Waals surface area contributed by atoms with Crippen LogP contribution in [-0.4, -0.2) is 22.6 Å². The monoisotopic (exact) mass is 186 g/mol. The minimum atomic E-state index is -1.53. The zero-order chi connectivity index (χ0) is 10.6. The number of Topliss-reactive ketones (excluding diaryl/α,β-unsaturated/α-hetero) is 2. The zero-order valence-corrected chi connectivity index (χ0v) is 8.09. The first-order chi connectivity index (χ1) is 5.92. The van der Waals surface area contributed by atoms with Crippen LogP contribution in [0.2, 0.25) is 0 Å². The standard InChI is InChI=1S/C9H14O4/c1-4-9(5-2,6(3)10)7(11)8(12)13/h4-5H2,1-3H3,(H,12,13). The summed E-state index contributed by atoms with van der Waals surface area (Å²) in [5.74, 6) is -2.89. The van der Waals surface area contributed by atoms with Gasteiger partial charge in [0.15, 0.2) is 0 Å². The molecule has 0 heterocycles. The van der Waals surface area contributed by atoms with Crippen LogP contribution in [0.15, 0.2) is 0 Å². The molecule has 0 rings (SSSR count). The Labute approximate surface area is 76.9 Å². The summed E-state index contributed by atoms with van der Waals surface area (Å²) in [6, 6.07) is 0. The quantitative estimate of drug-likeness (QED) is 0.514. The number of rotatable bonds is 5. The van der Waals surface area contributed by atoms with Crippen LogP contribution < -0.4 is 0 Å². The minimum absolute atomic E-state index is 0.240. The lowest BCUT2D eigenvalue weighted by Gasteiger charge is -2.24. The van der Waals surface area contributed by atoms with Gasteiger partial charge in [0.2, 0.25) is 0 Å². The lowest BCUT2D eigenvalue weighted by Crippen LogP contribution is -2.41. The minimum Gasteiger partial charge on any atom is -0.475 e. The first-order valence-electron chi connectivity index (χ1n) is 4.21. The van der Waals surface area contributed by atoms with E-state index in [-0.39, 0.29) is 18.6 Å². The molecule has 0 amide bonds. The van der Waals surface area contributed by atoms with Crippen molar-refractivity contribution >= 4 is 17.5 Å². The molecule has 74 valence electrons. The van der Waals surface area contributed by atoms with Crippen molar-refractivity contribution in [1.29, 1.82) is 0 Å².